The third-order valence-corrected chi connectivity index (χ3v) is 6.78. The van der Waals surface area contributed by atoms with E-state index in [4.69, 9.17) is 0 Å². The summed E-state index contributed by atoms with van der Waals surface area (Å²) in [5, 5.41) is 6.79. The van der Waals surface area contributed by atoms with Gasteiger partial charge < -0.3 is 15.1 Å². The topological polar surface area (TPSA) is 69.7 Å². The maximum absolute atomic E-state index is 13.0. The van der Waals surface area contributed by atoms with E-state index in [0.29, 0.717) is 19.5 Å². The van der Waals surface area contributed by atoms with Crippen LogP contribution in [0.5, 0.6) is 0 Å². The molecule has 0 unspecified atom stereocenters. The van der Waals surface area contributed by atoms with Gasteiger partial charge in [0, 0.05) is 39.2 Å². The summed E-state index contributed by atoms with van der Waals surface area (Å²) < 4.78 is 0. The molecule has 0 aliphatic carbocycles. The maximum atomic E-state index is 13.0. The molecule has 2 aliphatic heterocycles. The van der Waals surface area contributed by atoms with Crippen LogP contribution in [0.4, 0.5) is 0 Å². The highest BCUT2D eigenvalue weighted by Crippen LogP contribution is 2.40. The number of hydrogen-bond acceptors (Lipinski definition) is 4. The van der Waals surface area contributed by atoms with Crippen molar-refractivity contribution in [1.29, 1.82) is 0 Å². The number of carbonyl (C=O) groups is 3. The highest BCUT2D eigenvalue weighted by molar-refractivity contribution is 7.08. The second-order valence-corrected chi connectivity index (χ2v) is 9.42. The molecule has 1 atom stereocenters. The minimum Gasteiger partial charge on any atom is -0.344 e. The molecule has 0 saturated carbocycles. The summed E-state index contributed by atoms with van der Waals surface area (Å²) >= 11 is 1.61. The van der Waals surface area contributed by atoms with E-state index in [1.807, 2.05) is 39.6 Å². The Kier molecular flexibility index (Phi) is 7.13. The first kappa shape index (κ1) is 22.3. The van der Waals surface area contributed by atoms with E-state index in [-0.39, 0.29) is 23.1 Å². The van der Waals surface area contributed by atoms with E-state index in [2.05, 4.69) is 11.9 Å². The van der Waals surface area contributed by atoms with Crippen LogP contribution in [0.15, 0.2) is 35.1 Å². The van der Waals surface area contributed by atoms with Crippen LogP contribution >= 0.6 is 11.3 Å². The summed E-state index contributed by atoms with van der Waals surface area (Å²) in [6, 6.07) is 1.45. The Morgan fingerprint density at radius 1 is 1.20 bits per heavy atom. The summed E-state index contributed by atoms with van der Waals surface area (Å²) in [4.78, 5) is 40.8. The Bertz CT molecular complexity index is 807. The molecule has 0 radical (unpaired) electrons. The van der Waals surface area contributed by atoms with Crippen LogP contribution in [0.1, 0.15) is 45.1 Å². The first-order valence-corrected chi connectivity index (χ1v) is 11.4. The third-order valence-electron chi connectivity index (χ3n) is 6.08. The molecule has 6 nitrogen and oxygen atoms in total. The van der Waals surface area contributed by atoms with Crippen LogP contribution in [0, 0.1) is 5.41 Å². The minimum atomic E-state index is -0.543. The average molecular weight is 430 g/mol. The van der Waals surface area contributed by atoms with Crippen molar-refractivity contribution in [3.05, 3.63) is 40.6 Å². The lowest BCUT2D eigenvalue weighted by Gasteiger charge is -2.39. The van der Waals surface area contributed by atoms with Gasteiger partial charge >= 0.3 is 0 Å². The van der Waals surface area contributed by atoms with E-state index >= 15 is 0 Å². The zero-order chi connectivity index (χ0) is 21.7. The van der Waals surface area contributed by atoms with Gasteiger partial charge in [0.25, 0.3) is 0 Å². The van der Waals surface area contributed by atoms with Crippen molar-refractivity contribution in [3.63, 3.8) is 0 Å². The number of nitrogens with zero attached hydrogens (tertiary/aromatic N) is 2. The first-order valence-electron chi connectivity index (χ1n) is 10.5. The van der Waals surface area contributed by atoms with Crippen LogP contribution in [0.25, 0.3) is 6.08 Å². The maximum Gasteiger partial charge on any atom is 0.246 e. The van der Waals surface area contributed by atoms with E-state index in [1.54, 1.807) is 17.4 Å². The lowest BCUT2D eigenvalue weighted by atomic mass is 9.77. The van der Waals surface area contributed by atoms with Gasteiger partial charge in [-0.2, -0.15) is 11.3 Å². The molecular weight excluding hydrogens is 398 g/mol. The van der Waals surface area contributed by atoms with Crippen LogP contribution in [-0.4, -0.2) is 59.7 Å². The molecule has 1 aromatic rings. The van der Waals surface area contributed by atoms with Crippen molar-refractivity contribution in [2.45, 2.75) is 45.6 Å². The smallest absolute Gasteiger partial charge is 0.246 e. The van der Waals surface area contributed by atoms with Gasteiger partial charge in [-0.05, 0) is 66.5 Å². The number of carbonyl (C=O) groups excluding carboxylic acids is 3. The number of thiophene rings is 1. The van der Waals surface area contributed by atoms with Gasteiger partial charge in [0.05, 0.1) is 0 Å². The largest absolute Gasteiger partial charge is 0.344 e. The molecule has 0 aromatic carbocycles. The Morgan fingerprint density at radius 3 is 2.43 bits per heavy atom. The minimum absolute atomic E-state index is 0.0257. The normalized spacial score (nSPS) is 19.3. The highest BCUT2D eigenvalue weighted by atomic mass is 32.1. The number of nitrogens with one attached hydrogen (secondary N) is 1. The molecule has 3 rings (SSSR count). The second kappa shape index (κ2) is 9.60. The van der Waals surface area contributed by atoms with Gasteiger partial charge in [0.2, 0.25) is 17.7 Å². The van der Waals surface area contributed by atoms with E-state index in [9.17, 15) is 14.4 Å². The number of likely N-dealkylation sites (tertiary alicyclic amines) is 2. The zero-order valence-electron chi connectivity index (χ0n) is 17.9. The average Bonchev–Trinajstić information content (AvgIpc) is 3.35. The van der Waals surface area contributed by atoms with Gasteiger partial charge in [0.15, 0.2) is 0 Å². The SMILES string of the molecule is C=C(C)C[C@H](NC(C)=O)C(=O)N1CCC2(CCN(C(=O)/C=C/c3ccsc3)CC2)C1. The van der Waals surface area contributed by atoms with Gasteiger partial charge in [-0.25, -0.2) is 0 Å². The summed E-state index contributed by atoms with van der Waals surface area (Å²) in [7, 11) is 0. The number of amides is 3. The lowest BCUT2D eigenvalue weighted by molar-refractivity contribution is -0.136. The Morgan fingerprint density at radius 2 is 1.87 bits per heavy atom. The molecule has 7 heteroatoms. The molecule has 30 heavy (non-hydrogen) atoms. The van der Waals surface area contributed by atoms with Crippen molar-refractivity contribution in [2.75, 3.05) is 26.2 Å². The van der Waals surface area contributed by atoms with Gasteiger partial charge in [-0.15, -0.1) is 6.58 Å². The predicted molar refractivity (Wildman–Crippen MR) is 120 cm³/mol. The van der Waals surface area contributed by atoms with Crippen LogP contribution in [-0.2, 0) is 14.4 Å². The van der Waals surface area contributed by atoms with Crippen LogP contribution in [0.2, 0.25) is 0 Å². The fourth-order valence-corrected chi connectivity index (χ4v) is 5.02. The monoisotopic (exact) mass is 429 g/mol. The van der Waals surface area contributed by atoms with Crippen LogP contribution in [0.3, 0.4) is 0 Å². The number of rotatable bonds is 6. The lowest BCUT2D eigenvalue weighted by Crippen LogP contribution is -2.49. The van der Waals surface area contributed by atoms with Gasteiger partial charge in [0.1, 0.15) is 6.04 Å². The molecule has 2 fully saturated rings. The Balaban J connectivity index is 1.54. The zero-order valence-corrected chi connectivity index (χ0v) is 18.7. The quantitative estimate of drug-likeness (QED) is 0.558. The van der Waals surface area contributed by atoms with E-state index < -0.39 is 6.04 Å². The van der Waals surface area contributed by atoms with Crippen molar-refractivity contribution < 1.29 is 14.4 Å². The molecular formula is C23H31N3O3S. The molecule has 3 amide bonds. The Hall–Kier alpha value is -2.41. The summed E-state index contributed by atoms with van der Waals surface area (Å²) in [6.07, 6.45) is 6.73. The van der Waals surface area contributed by atoms with Gasteiger partial charge in [-0.3, -0.25) is 14.4 Å². The third kappa shape index (κ3) is 5.59. The van der Waals surface area contributed by atoms with E-state index in [0.717, 1.165) is 43.5 Å². The summed E-state index contributed by atoms with van der Waals surface area (Å²) in [5.41, 5.74) is 2.00. The van der Waals surface area contributed by atoms with Crippen LogP contribution < -0.4 is 5.32 Å². The molecule has 2 saturated heterocycles. The first-order chi connectivity index (χ1) is 14.3. The molecule has 162 valence electrons. The molecule has 1 spiro atoms. The summed E-state index contributed by atoms with van der Waals surface area (Å²) in [6.45, 7) is 10.0. The second-order valence-electron chi connectivity index (χ2n) is 8.64. The standard InChI is InChI=1S/C23H31N3O3S/c1-17(2)14-20(24-18(3)27)22(29)26-12-9-23(16-26)7-10-25(11-8-23)21(28)5-4-19-6-13-30-15-19/h4-6,13,15,20H,1,7-12,14,16H2,2-3H3,(H,24,27)/b5-4+/t20-/m0/s1. The number of hydrogen-bond donors (Lipinski definition) is 1. The molecule has 0 bridgehead atoms. The Labute approximate surface area is 182 Å². The summed E-state index contributed by atoms with van der Waals surface area (Å²) in [5.74, 6) is -0.178. The fourth-order valence-electron chi connectivity index (χ4n) is 4.39. The van der Waals surface area contributed by atoms with Crippen molar-refractivity contribution >= 4 is 35.1 Å². The van der Waals surface area contributed by atoms with Crippen molar-refractivity contribution in [1.82, 2.24) is 15.1 Å². The van der Waals surface area contributed by atoms with Crippen molar-refractivity contribution in [3.8, 4) is 0 Å². The molecule has 1 N–H and O–H groups in total. The predicted octanol–water partition coefficient (Wildman–Crippen LogP) is 3.07. The van der Waals surface area contributed by atoms with Gasteiger partial charge in [-0.1, -0.05) is 5.57 Å². The van der Waals surface area contributed by atoms with Crippen molar-refractivity contribution in [2.24, 2.45) is 5.41 Å². The number of piperidine rings is 1. The molecule has 2 aliphatic rings. The fraction of sp³-hybridized carbons (Fsp3) is 0.522. The molecule has 1 aromatic heterocycles. The molecule has 3 heterocycles. The highest BCUT2D eigenvalue weighted by Gasteiger charge is 2.43. The van der Waals surface area contributed by atoms with E-state index in [1.165, 1.54) is 6.92 Å².